The van der Waals surface area contributed by atoms with Crippen LogP contribution in [0.5, 0.6) is 11.5 Å². The number of anilines is 1. The van der Waals surface area contributed by atoms with Crippen LogP contribution in [0, 0.1) is 0 Å². The predicted octanol–water partition coefficient (Wildman–Crippen LogP) is 2.10. The number of nitrogens with one attached hydrogen (secondary N) is 1. The molecule has 7 heteroatoms. The van der Waals surface area contributed by atoms with Crippen LogP contribution in [0.15, 0.2) is 18.2 Å². The Kier molecular flexibility index (Phi) is 2.53. The van der Waals surface area contributed by atoms with E-state index < -0.39 is 6.29 Å². The summed E-state index contributed by atoms with van der Waals surface area (Å²) in [6.45, 7) is 0. The van der Waals surface area contributed by atoms with Gasteiger partial charge in [-0.1, -0.05) is 0 Å². The largest absolute Gasteiger partial charge is 0.586 e. The number of carbonyl (C=O) groups is 1. The lowest BCUT2D eigenvalue weighted by Gasteiger charge is -2.11. The fraction of sp³-hybridized carbons (Fsp3) is 0.300. The summed E-state index contributed by atoms with van der Waals surface area (Å²) >= 11 is 0. The number of urea groups is 1. The third-order valence-corrected chi connectivity index (χ3v) is 2.06. The molecule has 17 heavy (non-hydrogen) atoms. The Hall–Kier alpha value is -2.05. The van der Waals surface area contributed by atoms with Crippen LogP contribution < -0.4 is 14.8 Å². The van der Waals surface area contributed by atoms with E-state index in [1.165, 1.54) is 23.1 Å². The Balaban J connectivity index is 2.17. The Labute approximate surface area is 95.9 Å². The Morgan fingerprint density at radius 1 is 1.29 bits per heavy atom. The summed E-state index contributed by atoms with van der Waals surface area (Å²) < 4.78 is 33.9. The molecule has 1 aromatic carbocycles. The molecule has 92 valence electrons. The number of hydrogen-bond donors (Lipinski definition) is 1. The second-order valence-electron chi connectivity index (χ2n) is 3.65. The number of nitrogens with zero attached hydrogens (tertiary/aromatic N) is 1. The molecule has 0 saturated carbocycles. The van der Waals surface area contributed by atoms with Crippen LogP contribution in [-0.4, -0.2) is 31.3 Å². The number of fused-ring (bicyclic) bond motifs is 1. The average molecular weight is 244 g/mol. The predicted molar refractivity (Wildman–Crippen MR) is 55.4 cm³/mol. The Morgan fingerprint density at radius 3 is 2.59 bits per heavy atom. The number of hydrogen-bond acceptors (Lipinski definition) is 3. The maximum atomic E-state index is 12.7. The number of amides is 2. The van der Waals surface area contributed by atoms with Gasteiger partial charge in [0.2, 0.25) is 0 Å². The van der Waals surface area contributed by atoms with Gasteiger partial charge >= 0.3 is 12.3 Å². The summed E-state index contributed by atoms with van der Waals surface area (Å²) in [5, 5.41) is 2.50. The van der Waals surface area contributed by atoms with Gasteiger partial charge in [0, 0.05) is 25.8 Å². The molecule has 0 aromatic heterocycles. The molecule has 5 nitrogen and oxygen atoms in total. The van der Waals surface area contributed by atoms with Crippen molar-refractivity contribution in [1.82, 2.24) is 4.90 Å². The van der Waals surface area contributed by atoms with E-state index in [0.717, 1.165) is 0 Å². The van der Waals surface area contributed by atoms with Crippen LogP contribution >= 0.6 is 0 Å². The minimum atomic E-state index is -3.65. The van der Waals surface area contributed by atoms with E-state index in [1.807, 2.05) is 0 Å². The van der Waals surface area contributed by atoms with Gasteiger partial charge in [-0.25, -0.2) is 4.79 Å². The van der Waals surface area contributed by atoms with Gasteiger partial charge in [-0.3, -0.25) is 0 Å². The maximum absolute atomic E-state index is 12.7. The molecule has 0 spiro atoms. The molecule has 0 bridgehead atoms. The van der Waals surface area contributed by atoms with E-state index in [9.17, 15) is 13.6 Å². The molecule has 0 radical (unpaired) electrons. The van der Waals surface area contributed by atoms with E-state index in [4.69, 9.17) is 0 Å². The molecule has 1 aromatic rings. The van der Waals surface area contributed by atoms with Gasteiger partial charge in [0.25, 0.3) is 0 Å². The zero-order valence-electron chi connectivity index (χ0n) is 9.16. The number of ether oxygens (including phenoxy) is 2. The summed E-state index contributed by atoms with van der Waals surface area (Å²) in [5.41, 5.74) is 0.351. The van der Waals surface area contributed by atoms with E-state index >= 15 is 0 Å². The summed E-state index contributed by atoms with van der Waals surface area (Å²) in [6, 6.07) is 3.67. The first kappa shape index (κ1) is 11.4. The van der Waals surface area contributed by atoms with Gasteiger partial charge in [-0.15, -0.1) is 8.78 Å². The summed E-state index contributed by atoms with van der Waals surface area (Å²) in [6.07, 6.45) is -3.65. The minimum absolute atomic E-state index is 0.0575. The molecule has 1 N–H and O–H groups in total. The van der Waals surface area contributed by atoms with Crippen molar-refractivity contribution in [3.05, 3.63) is 18.2 Å². The number of halogens is 2. The van der Waals surface area contributed by atoms with Gasteiger partial charge < -0.3 is 19.7 Å². The monoisotopic (exact) mass is 244 g/mol. The molecule has 0 saturated heterocycles. The molecule has 0 atom stereocenters. The van der Waals surface area contributed by atoms with Crippen LogP contribution in [0.1, 0.15) is 0 Å². The number of carbonyl (C=O) groups excluding carboxylic acids is 1. The Bertz CT molecular complexity index is 463. The normalized spacial score (nSPS) is 15.5. The van der Waals surface area contributed by atoms with E-state index in [2.05, 4.69) is 14.8 Å². The fourth-order valence-electron chi connectivity index (χ4n) is 1.26. The maximum Gasteiger partial charge on any atom is 0.586 e. The van der Waals surface area contributed by atoms with Crippen molar-refractivity contribution in [2.75, 3.05) is 19.4 Å². The number of alkyl halides is 2. The molecule has 1 aliphatic heterocycles. The smallest absolute Gasteiger partial charge is 0.395 e. The lowest BCUT2D eigenvalue weighted by Crippen LogP contribution is -2.27. The molecular weight excluding hydrogens is 234 g/mol. The molecule has 2 amide bonds. The fourth-order valence-corrected chi connectivity index (χ4v) is 1.26. The third kappa shape index (κ3) is 2.38. The molecule has 0 aliphatic carbocycles. The van der Waals surface area contributed by atoms with Crippen molar-refractivity contribution in [1.29, 1.82) is 0 Å². The highest BCUT2D eigenvalue weighted by Crippen LogP contribution is 2.42. The van der Waals surface area contributed by atoms with Crippen molar-refractivity contribution in [2.24, 2.45) is 0 Å². The van der Waals surface area contributed by atoms with Gasteiger partial charge in [0.1, 0.15) is 0 Å². The molecule has 2 rings (SSSR count). The minimum Gasteiger partial charge on any atom is -0.395 e. The average Bonchev–Trinajstić information content (AvgIpc) is 2.50. The first-order valence-corrected chi connectivity index (χ1v) is 4.75. The van der Waals surface area contributed by atoms with Gasteiger partial charge in [-0.05, 0) is 12.1 Å². The molecule has 1 heterocycles. The number of benzene rings is 1. The van der Waals surface area contributed by atoms with Crippen molar-refractivity contribution in [3.8, 4) is 11.5 Å². The topological polar surface area (TPSA) is 50.8 Å². The Morgan fingerprint density at radius 2 is 1.94 bits per heavy atom. The summed E-state index contributed by atoms with van der Waals surface area (Å²) in [4.78, 5) is 12.7. The summed E-state index contributed by atoms with van der Waals surface area (Å²) in [5.74, 6) is -0.163. The molecular formula is C10H10F2N2O3. The first-order valence-electron chi connectivity index (χ1n) is 4.75. The second kappa shape index (κ2) is 3.76. The SMILES string of the molecule is CN(C)C(=O)Nc1ccc2c(c1)OC(F)(F)O2. The highest BCUT2D eigenvalue weighted by atomic mass is 19.3. The highest BCUT2D eigenvalue weighted by Gasteiger charge is 2.43. The molecule has 0 fully saturated rings. The van der Waals surface area contributed by atoms with Gasteiger partial charge in [0.05, 0.1) is 0 Å². The van der Waals surface area contributed by atoms with E-state index in [0.29, 0.717) is 5.69 Å². The van der Waals surface area contributed by atoms with Crippen molar-refractivity contribution in [3.63, 3.8) is 0 Å². The van der Waals surface area contributed by atoms with Crippen LogP contribution in [0.3, 0.4) is 0 Å². The van der Waals surface area contributed by atoms with Gasteiger partial charge in [0.15, 0.2) is 11.5 Å². The lowest BCUT2D eigenvalue weighted by atomic mass is 10.3. The zero-order chi connectivity index (χ0) is 12.6. The van der Waals surface area contributed by atoms with Crippen LogP contribution in [0.25, 0.3) is 0 Å². The van der Waals surface area contributed by atoms with E-state index in [-0.39, 0.29) is 17.5 Å². The highest BCUT2D eigenvalue weighted by molar-refractivity contribution is 5.89. The van der Waals surface area contributed by atoms with Crippen LogP contribution in [0.2, 0.25) is 0 Å². The zero-order valence-corrected chi connectivity index (χ0v) is 9.16. The quantitative estimate of drug-likeness (QED) is 0.823. The summed E-state index contributed by atoms with van der Waals surface area (Å²) in [7, 11) is 3.13. The van der Waals surface area contributed by atoms with Crippen LogP contribution in [0.4, 0.5) is 19.3 Å². The lowest BCUT2D eigenvalue weighted by molar-refractivity contribution is -0.286. The third-order valence-electron chi connectivity index (χ3n) is 2.06. The molecule has 0 unspecified atom stereocenters. The first-order chi connectivity index (χ1) is 7.87. The van der Waals surface area contributed by atoms with Crippen molar-refractivity contribution >= 4 is 11.7 Å². The standard InChI is InChI=1S/C10H10F2N2O3/c1-14(2)9(15)13-6-3-4-7-8(5-6)17-10(11,12)16-7/h3-5H,1-2H3,(H,13,15). The van der Waals surface area contributed by atoms with Crippen LogP contribution in [-0.2, 0) is 0 Å². The van der Waals surface area contributed by atoms with Crippen molar-refractivity contribution < 1.29 is 23.0 Å². The van der Waals surface area contributed by atoms with E-state index in [1.54, 1.807) is 14.1 Å². The van der Waals surface area contributed by atoms with Gasteiger partial charge in [-0.2, -0.15) is 0 Å². The second-order valence-corrected chi connectivity index (χ2v) is 3.65. The molecule has 1 aliphatic rings. The number of rotatable bonds is 1. The van der Waals surface area contributed by atoms with Crippen molar-refractivity contribution in [2.45, 2.75) is 6.29 Å².